The van der Waals surface area contributed by atoms with Gasteiger partial charge in [-0.2, -0.15) is 0 Å². The first-order chi connectivity index (χ1) is 5.90. The normalized spacial score (nSPS) is 42.2. The van der Waals surface area contributed by atoms with Crippen LogP contribution in [0.5, 0.6) is 0 Å². The lowest BCUT2D eigenvalue weighted by atomic mass is 9.67. The third kappa shape index (κ3) is 1.67. The molecule has 0 amide bonds. The average molecular weight is 166 g/mol. The van der Waals surface area contributed by atoms with E-state index in [0.29, 0.717) is 0 Å². The van der Waals surface area contributed by atoms with Gasteiger partial charge in [0.25, 0.3) is 0 Å². The zero-order valence-corrected chi connectivity index (χ0v) is 8.39. The van der Waals surface area contributed by atoms with Crippen molar-refractivity contribution in [2.24, 2.45) is 17.8 Å². The Balaban J connectivity index is 1.90. The fraction of sp³-hybridized carbons (Fsp3) is 1.00. The lowest BCUT2D eigenvalue weighted by Crippen LogP contribution is -2.27. The molecule has 0 N–H and O–H groups in total. The van der Waals surface area contributed by atoms with E-state index in [1.54, 1.807) is 25.7 Å². The van der Waals surface area contributed by atoms with Crippen molar-refractivity contribution in [1.82, 2.24) is 0 Å². The van der Waals surface area contributed by atoms with Crippen LogP contribution in [-0.4, -0.2) is 0 Å². The van der Waals surface area contributed by atoms with Crippen LogP contribution in [0.15, 0.2) is 0 Å². The zero-order valence-electron chi connectivity index (χ0n) is 8.39. The molecule has 0 aromatic carbocycles. The maximum Gasteiger partial charge on any atom is -0.0383 e. The Hall–Kier alpha value is 0. The monoisotopic (exact) mass is 166 g/mol. The highest BCUT2D eigenvalue weighted by molar-refractivity contribution is 4.82. The summed E-state index contributed by atoms with van der Waals surface area (Å²) >= 11 is 0. The Morgan fingerprint density at radius 1 is 0.917 bits per heavy atom. The molecular formula is C12H22. The van der Waals surface area contributed by atoms with Gasteiger partial charge in [0.15, 0.2) is 0 Å². The number of hydrogen-bond donors (Lipinski definition) is 0. The van der Waals surface area contributed by atoms with Gasteiger partial charge in [0, 0.05) is 0 Å². The highest BCUT2D eigenvalue weighted by Crippen LogP contribution is 2.43. The summed E-state index contributed by atoms with van der Waals surface area (Å²) < 4.78 is 0. The summed E-state index contributed by atoms with van der Waals surface area (Å²) in [6.07, 6.45) is 12.3. The van der Waals surface area contributed by atoms with Crippen LogP contribution in [0.3, 0.4) is 0 Å². The van der Waals surface area contributed by atoms with Gasteiger partial charge in [0.1, 0.15) is 0 Å². The van der Waals surface area contributed by atoms with Gasteiger partial charge in [0.05, 0.1) is 0 Å². The zero-order chi connectivity index (χ0) is 8.39. The summed E-state index contributed by atoms with van der Waals surface area (Å²) in [5.74, 6) is 3.36. The van der Waals surface area contributed by atoms with Crippen LogP contribution in [0.1, 0.15) is 58.3 Å². The van der Waals surface area contributed by atoms with Crippen molar-refractivity contribution in [1.29, 1.82) is 0 Å². The van der Waals surface area contributed by atoms with E-state index in [9.17, 15) is 0 Å². The fourth-order valence-corrected chi connectivity index (χ4v) is 3.34. The SMILES string of the molecule is CCC1CCC2CCCCC2C1. The lowest BCUT2D eigenvalue weighted by Gasteiger charge is -2.39. The first-order valence-corrected chi connectivity index (χ1v) is 5.90. The van der Waals surface area contributed by atoms with Crippen molar-refractivity contribution in [2.75, 3.05) is 0 Å². The van der Waals surface area contributed by atoms with E-state index < -0.39 is 0 Å². The molecule has 0 saturated heterocycles. The van der Waals surface area contributed by atoms with E-state index >= 15 is 0 Å². The molecule has 0 bridgehead atoms. The molecule has 0 aromatic rings. The fourth-order valence-electron chi connectivity index (χ4n) is 3.34. The van der Waals surface area contributed by atoms with Gasteiger partial charge in [0.2, 0.25) is 0 Å². The molecule has 0 aromatic heterocycles. The van der Waals surface area contributed by atoms with Crippen molar-refractivity contribution < 1.29 is 0 Å². The van der Waals surface area contributed by atoms with E-state index in [4.69, 9.17) is 0 Å². The highest BCUT2D eigenvalue weighted by atomic mass is 14.4. The minimum absolute atomic E-state index is 1.09. The Labute approximate surface area is 76.7 Å². The maximum absolute atomic E-state index is 2.37. The Bertz CT molecular complexity index is 139. The number of hydrogen-bond acceptors (Lipinski definition) is 0. The molecule has 0 heterocycles. The van der Waals surface area contributed by atoms with Crippen LogP contribution in [-0.2, 0) is 0 Å². The highest BCUT2D eigenvalue weighted by Gasteiger charge is 2.30. The van der Waals surface area contributed by atoms with Crippen molar-refractivity contribution in [3.63, 3.8) is 0 Å². The molecule has 0 heteroatoms. The lowest BCUT2D eigenvalue weighted by molar-refractivity contribution is 0.128. The molecular weight excluding hydrogens is 144 g/mol. The molecule has 2 fully saturated rings. The van der Waals surface area contributed by atoms with Crippen LogP contribution in [0.25, 0.3) is 0 Å². The summed E-state index contributed by atoms with van der Waals surface area (Å²) in [7, 11) is 0. The molecule has 0 nitrogen and oxygen atoms in total. The van der Waals surface area contributed by atoms with Crippen molar-refractivity contribution >= 4 is 0 Å². The van der Waals surface area contributed by atoms with Gasteiger partial charge < -0.3 is 0 Å². The molecule has 0 spiro atoms. The quantitative estimate of drug-likeness (QED) is 0.552. The Kier molecular flexibility index (Phi) is 2.73. The van der Waals surface area contributed by atoms with E-state index in [1.165, 1.54) is 25.7 Å². The predicted octanol–water partition coefficient (Wildman–Crippen LogP) is 4.00. The van der Waals surface area contributed by atoms with E-state index in [0.717, 1.165) is 17.8 Å². The van der Waals surface area contributed by atoms with Gasteiger partial charge in [-0.3, -0.25) is 0 Å². The van der Waals surface area contributed by atoms with E-state index in [1.807, 2.05) is 0 Å². The predicted molar refractivity (Wildman–Crippen MR) is 53.1 cm³/mol. The van der Waals surface area contributed by atoms with E-state index in [2.05, 4.69) is 6.92 Å². The summed E-state index contributed by atoms with van der Waals surface area (Å²) in [5, 5.41) is 0. The van der Waals surface area contributed by atoms with Gasteiger partial charge >= 0.3 is 0 Å². The number of rotatable bonds is 1. The van der Waals surface area contributed by atoms with E-state index in [-0.39, 0.29) is 0 Å². The molecule has 2 aliphatic rings. The minimum Gasteiger partial charge on any atom is -0.0651 e. The van der Waals surface area contributed by atoms with Crippen LogP contribution in [0.4, 0.5) is 0 Å². The second kappa shape index (κ2) is 3.81. The molecule has 0 aliphatic heterocycles. The van der Waals surface area contributed by atoms with Crippen LogP contribution >= 0.6 is 0 Å². The number of fused-ring (bicyclic) bond motifs is 1. The molecule has 2 saturated carbocycles. The minimum atomic E-state index is 1.09. The van der Waals surface area contributed by atoms with Crippen molar-refractivity contribution in [2.45, 2.75) is 58.3 Å². The van der Waals surface area contributed by atoms with Crippen LogP contribution in [0, 0.1) is 17.8 Å². The van der Waals surface area contributed by atoms with Gasteiger partial charge in [-0.1, -0.05) is 45.4 Å². The second-order valence-corrected chi connectivity index (χ2v) is 4.89. The van der Waals surface area contributed by atoms with Crippen molar-refractivity contribution in [3.8, 4) is 0 Å². The molecule has 3 unspecified atom stereocenters. The topological polar surface area (TPSA) is 0 Å². The molecule has 70 valence electrons. The Morgan fingerprint density at radius 3 is 2.42 bits per heavy atom. The molecule has 0 radical (unpaired) electrons. The molecule has 3 atom stereocenters. The van der Waals surface area contributed by atoms with Crippen LogP contribution < -0.4 is 0 Å². The van der Waals surface area contributed by atoms with Gasteiger partial charge in [-0.05, 0) is 30.6 Å². The van der Waals surface area contributed by atoms with Gasteiger partial charge in [-0.15, -0.1) is 0 Å². The summed E-state index contributed by atoms with van der Waals surface area (Å²) in [4.78, 5) is 0. The first-order valence-electron chi connectivity index (χ1n) is 5.90. The standard InChI is InChI=1S/C12H22/c1-2-10-7-8-11-5-3-4-6-12(11)9-10/h10-12H,2-9H2,1H3. The van der Waals surface area contributed by atoms with Crippen LogP contribution in [0.2, 0.25) is 0 Å². The smallest absolute Gasteiger partial charge is 0.0383 e. The largest absolute Gasteiger partial charge is 0.0651 e. The Morgan fingerprint density at radius 2 is 1.67 bits per heavy atom. The maximum atomic E-state index is 2.37. The third-order valence-electron chi connectivity index (χ3n) is 4.23. The first kappa shape index (κ1) is 8.59. The molecule has 2 rings (SSSR count). The molecule has 12 heavy (non-hydrogen) atoms. The van der Waals surface area contributed by atoms with Crippen molar-refractivity contribution in [3.05, 3.63) is 0 Å². The van der Waals surface area contributed by atoms with Gasteiger partial charge in [-0.25, -0.2) is 0 Å². The third-order valence-corrected chi connectivity index (χ3v) is 4.23. The summed E-state index contributed by atoms with van der Waals surface area (Å²) in [5.41, 5.74) is 0. The molecule has 2 aliphatic carbocycles. The second-order valence-electron chi connectivity index (χ2n) is 4.89. The summed E-state index contributed by atoms with van der Waals surface area (Å²) in [6.45, 7) is 2.37. The summed E-state index contributed by atoms with van der Waals surface area (Å²) in [6, 6.07) is 0. The average Bonchev–Trinajstić information content (AvgIpc) is 2.17.